The van der Waals surface area contributed by atoms with Gasteiger partial charge in [0.1, 0.15) is 11.7 Å². The molecule has 0 fully saturated rings. The van der Waals surface area contributed by atoms with Crippen molar-refractivity contribution in [3.63, 3.8) is 0 Å². The number of esters is 1. The van der Waals surface area contributed by atoms with Gasteiger partial charge >= 0.3 is 5.97 Å². The molecular weight excluding hydrogens is 570 g/mol. The highest BCUT2D eigenvalue weighted by Gasteiger charge is 2.49. The van der Waals surface area contributed by atoms with E-state index in [2.05, 4.69) is 13.8 Å². The van der Waals surface area contributed by atoms with Crippen LogP contribution in [0.1, 0.15) is 98.8 Å². The van der Waals surface area contributed by atoms with Crippen molar-refractivity contribution in [1.29, 1.82) is 0 Å². The second-order valence-corrected chi connectivity index (χ2v) is 13.8. The molecular formula is C37H43NO5S. The summed E-state index contributed by atoms with van der Waals surface area (Å²) in [6.07, 6.45) is 5.21. The van der Waals surface area contributed by atoms with Gasteiger partial charge in [-0.2, -0.15) is 0 Å². The second kappa shape index (κ2) is 13.8. The van der Waals surface area contributed by atoms with Gasteiger partial charge < -0.3 is 4.74 Å². The fourth-order valence-electron chi connectivity index (χ4n) is 5.58. The first kappa shape index (κ1) is 32.9. The predicted molar refractivity (Wildman–Crippen MR) is 176 cm³/mol. The zero-order chi connectivity index (χ0) is 32.2. The number of carbonyl (C=O) groups excluding carboxylic acids is 2. The van der Waals surface area contributed by atoms with Crippen LogP contribution in [0.4, 0.5) is 0 Å². The summed E-state index contributed by atoms with van der Waals surface area (Å²) in [6, 6.07) is 20.9. The molecule has 3 aromatic carbocycles. The molecule has 3 aromatic rings. The van der Waals surface area contributed by atoms with E-state index in [0.29, 0.717) is 16.7 Å². The van der Waals surface area contributed by atoms with E-state index >= 15 is 8.42 Å². The van der Waals surface area contributed by atoms with E-state index in [9.17, 15) is 9.59 Å². The van der Waals surface area contributed by atoms with Gasteiger partial charge in [0.05, 0.1) is 11.5 Å². The molecule has 232 valence electrons. The van der Waals surface area contributed by atoms with Crippen LogP contribution < -0.4 is 0 Å². The van der Waals surface area contributed by atoms with Crippen LogP contribution in [0.15, 0.2) is 95.5 Å². The summed E-state index contributed by atoms with van der Waals surface area (Å²) in [5, 5.41) is 0. The summed E-state index contributed by atoms with van der Waals surface area (Å²) in [5.41, 5.74) is 3.47. The summed E-state index contributed by atoms with van der Waals surface area (Å²) in [4.78, 5) is 28.0. The van der Waals surface area contributed by atoms with Crippen LogP contribution >= 0.6 is 0 Å². The molecule has 6 nitrogen and oxygen atoms in total. The van der Waals surface area contributed by atoms with Crippen LogP contribution in [-0.2, 0) is 19.6 Å². The number of Topliss-reactive ketones (excluding diaryl/α,β-unsaturated/α-hetero) is 1. The molecule has 7 heteroatoms. The number of rotatable bonds is 11. The molecule has 1 aliphatic heterocycles. The van der Waals surface area contributed by atoms with E-state index < -0.39 is 33.7 Å². The summed E-state index contributed by atoms with van der Waals surface area (Å²) in [7, 11) is -4.45. The minimum Gasteiger partial charge on any atom is -0.461 e. The lowest BCUT2D eigenvalue weighted by Crippen LogP contribution is -2.46. The number of hydrogen-bond acceptors (Lipinski definition) is 5. The quantitative estimate of drug-likeness (QED) is 0.161. The van der Waals surface area contributed by atoms with Gasteiger partial charge in [0.2, 0.25) is 0 Å². The van der Waals surface area contributed by atoms with Crippen molar-refractivity contribution in [3.05, 3.63) is 118 Å². The molecule has 0 aromatic heterocycles. The maximum Gasteiger partial charge on any atom is 0.355 e. The maximum absolute atomic E-state index is 15.2. The fraction of sp³-hybridized carbons (Fsp3) is 0.351. The van der Waals surface area contributed by atoms with Crippen molar-refractivity contribution >= 4 is 27.9 Å². The lowest BCUT2D eigenvalue weighted by Gasteiger charge is -2.32. The van der Waals surface area contributed by atoms with E-state index in [4.69, 9.17) is 4.74 Å². The Hall–Kier alpha value is -3.97. The molecule has 1 aliphatic rings. The van der Waals surface area contributed by atoms with E-state index in [0.717, 1.165) is 15.4 Å². The number of sulfonamides is 1. The van der Waals surface area contributed by atoms with Crippen molar-refractivity contribution in [3.8, 4) is 0 Å². The monoisotopic (exact) mass is 613 g/mol. The molecule has 44 heavy (non-hydrogen) atoms. The Morgan fingerprint density at radius 1 is 0.841 bits per heavy atom. The largest absolute Gasteiger partial charge is 0.461 e. The zero-order valence-corrected chi connectivity index (χ0v) is 27.5. The zero-order valence-electron chi connectivity index (χ0n) is 26.7. The Kier molecular flexibility index (Phi) is 10.3. The molecule has 4 rings (SSSR count). The molecule has 0 N–H and O–H groups in total. The Labute approximate surface area is 262 Å². The molecule has 1 heterocycles. The number of hydrogen-bond donors (Lipinski definition) is 0. The summed E-state index contributed by atoms with van der Waals surface area (Å²) < 4.78 is 36.7. The van der Waals surface area contributed by atoms with Crippen LogP contribution in [0.5, 0.6) is 0 Å². The van der Waals surface area contributed by atoms with E-state index in [1.807, 2.05) is 76.2 Å². The van der Waals surface area contributed by atoms with Crippen LogP contribution in [-0.4, -0.2) is 37.1 Å². The van der Waals surface area contributed by atoms with Crippen LogP contribution in [0.2, 0.25) is 0 Å². The van der Waals surface area contributed by atoms with E-state index in [-0.39, 0.29) is 35.0 Å². The lowest BCUT2D eigenvalue weighted by atomic mass is 9.89. The Morgan fingerprint density at radius 3 is 1.89 bits per heavy atom. The van der Waals surface area contributed by atoms with Crippen molar-refractivity contribution < 1.29 is 22.7 Å². The standard InChI is InChI=1S/C37H43NO5S/c1-8-43-37(40)33-23-29(20-19-27-15-11-9-12-16-27)34(35(39)28-17-13-10-14-18-28)38(33)44(41,42)36-31(25(4)5)21-30(24(2)3)22-32(36)26(6)7/h9-26,29,34H,8H2,1-7H3/b20-19+/t29-,34-/m1/s1. The molecule has 0 radical (unpaired) electrons. The molecule has 0 saturated carbocycles. The molecule has 2 atom stereocenters. The molecule has 0 unspecified atom stereocenters. The normalized spacial score (nSPS) is 17.1. The third-order valence-electron chi connectivity index (χ3n) is 7.92. The minimum atomic E-state index is -4.45. The van der Waals surface area contributed by atoms with Crippen LogP contribution in [0.25, 0.3) is 6.08 Å². The lowest BCUT2D eigenvalue weighted by molar-refractivity contribution is -0.139. The average molecular weight is 614 g/mol. The van der Waals surface area contributed by atoms with Crippen molar-refractivity contribution in [2.24, 2.45) is 5.92 Å². The molecule has 0 amide bonds. The topological polar surface area (TPSA) is 80.8 Å². The Morgan fingerprint density at radius 2 is 1.39 bits per heavy atom. The van der Waals surface area contributed by atoms with Gasteiger partial charge in [0.25, 0.3) is 10.0 Å². The average Bonchev–Trinajstić information content (AvgIpc) is 3.40. The van der Waals surface area contributed by atoms with Crippen molar-refractivity contribution in [2.45, 2.75) is 77.2 Å². The molecule has 0 saturated heterocycles. The number of carbonyl (C=O) groups is 2. The van der Waals surface area contributed by atoms with Gasteiger partial charge in [-0.1, -0.05) is 126 Å². The maximum atomic E-state index is 15.2. The first-order valence-electron chi connectivity index (χ1n) is 15.3. The number of benzene rings is 3. The second-order valence-electron chi connectivity index (χ2n) is 12.1. The van der Waals surface area contributed by atoms with Gasteiger partial charge in [-0.3, -0.25) is 4.79 Å². The Bertz CT molecular complexity index is 1630. The Balaban J connectivity index is 2.01. The van der Waals surface area contributed by atoms with Crippen molar-refractivity contribution in [1.82, 2.24) is 4.31 Å². The minimum absolute atomic E-state index is 0.0590. The summed E-state index contributed by atoms with van der Waals surface area (Å²) >= 11 is 0. The van der Waals surface area contributed by atoms with E-state index in [1.54, 1.807) is 49.4 Å². The third-order valence-corrected chi connectivity index (χ3v) is 9.85. The molecule has 0 spiro atoms. The SMILES string of the molecule is CCOC(=O)C1=C[C@@H](/C=C/c2ccccc2)[C@H](C(=O)c2ccccc2)N1S(=O)(=O)c1c(C(C)C)cc(C(C)C)cc1C(C)C. The number of nitrogens with zero attached hydrogens (tertiary/aromatic N) is 1. The molecule has 0 bridgehead atoms. The smallest absolute Gasteiger partial charge is 0.355 e. The van der Waals surface area contributed by atoms with E-state index in [1.165, 1.54) is 0 Å². The highest BCUT2D eigenvalue weighted by Crippen LogP contribution is 2.42. The fourth-order valence-corrected chi connectivity index (χ4v) is 7.89. The van der Waals surface area contributed by atoms with Gasteiger partial charge in [0.15, 0.2) is 5.78 Å². The van der Waals surface area contributed by atoms with Crippen LogP contribution in [0.3, 0.4) is 0 Å². The van der Waals surface area contributed by atoms with Crippen LogP contribution in [0, 0.1) is 5.92 Å². The van der Waals surface area contributed by atoms with Gasteiger partial charge in [-0.25, -0.2) is 17.5 Å². The first-order valence-corrected chi connectivity index (χ1v) is 16.8. The summed E-state index contributed by atoms with van der Waals surface area (Å²) in [6.45, 7) is 13.8. The van der Waals surface area contributed by atoms with Gasteiger partial charge in [0, 0.05) is 11.5 Å². The highest BCUT2D eigenvalue weighted by molar-refractivity contribution is 7.89. The summed E-state index contributed by atoms with van der Waals surface area (Å²) in [5.74, 6) is -1.99. The van der Waals surface area contributed by atoms with Gasteiger partial charge in [-0.05, 0) is 53.0 Å². The van der Waals surface area contributed by atoms with Gasteiger partial charge in [-0.15, -0.1) is 0 Å². The highest BCUT2D eigenvalue weighted by atomic mass is 32.2. The predicted octanol–water partition coefficient (Wildman–Crippen LogP) is 8.09. The molecule has 0 aliphatic carbocycles. The third kappa shape index (κ3) is 6.73. The number of ketones is 1. The van der Waals surface area contributed by atoms with Crippen molar-refractivity contribution in [2.75, 3.05) is 6.61 Å². The first-order chi connectivity index (χ1) is 20.9. The number of ether oxygens (including phenoxy) is 1.